The van der Waals surface area contributed by atoms with Crippen LogP contribution >= 0.6 is 0 Å². The molecule has 1 amide bonds. The number of morpholine rings is 1. The predicted molar refractivity (Wildman–Crippen MR) is 61.8 cm³/mol. The van der Waals surface area contributed by atoms with Crippen molar-refractivity contribution in [3.05, 3.63) is 10.1 Å². The second kappa shape index (κ2) is 5.52. The summed E-state index contributed by atoms with van der Waals surface area (Å²) < 4.78 is 10.1. The van der Waals surface area contributed by atoms with Gasteiger partial charge in [0.1, 0.15) is 5.92 Å². The standard InChI is InChI=1S/C11H16N2O6/c1-7-5-12(2-3-18-7)10(14)6-19-11(15)8-4-9(8)13(16)17/h7-9H,2-6H2,1H3. The van der Waals surface area contributed by atoms with E-state index in [-0.39, 0.29) is 25.0 Å². The molecular weight excluding hydrogens is 256 g/mol. The number of esters is 1. The first-order valence-corrected chi connectivity index (χ1v) is 6.18. The van der Waals surface area contributed by atoms with Crippen molar-refractivity contribution < 1.29 is 24.0 Å². The van der Waals surface area contributed by atoms with Gasteiger partial charge in [0.15, 0.2) is 6.61 Å². The SMILES string of the molecule is CC1CN(C(=O)COC(=O)C2CC2[N+](=O)[O-])CCO1. The molecule has 0 aromatic rings. The van der Waals surface area contributed by atoms with Crippen molar-refractivity contribution in [1.29, 1.82) is 0 Å². The number of nitrogens with zero attached hydrogens (tertiary/aromatic N) is 2. The maximum absolute atomic E-state index is 11.8. The highest BCUT2D eigenvalue weighted by Gasteiger charge is 2.54. The van der Waals surface area contributed by atoms with E-state index < -0.39 is 22.9 Å². The summed E-state index contributed by atoms with van der Waals surface area (Å²) in [4.78, 5) is 34.7. The van der Waals surface area contributed by atoms with Crippen molar-refractivity contribution in [1.82, 2.24) is 4.90 Å². The largest absolute Gasteiger partial charge is 0.455 e. The maximum atomic E-state index is 11.8. The molecule has 3 atom stereocenters. The lowest BCUT2D eigenvalue weighted by molar-refractivity contribution is -0.497. The van der Waals surface area contributed by atoms with Gasteiger partial charge in [0, 0.05) is 24.4 Å². The fourth-order valence-corrected chi connectivity index (χ4v) is 2.04. The van der Waals surface area contributed by atoms with Gasteiger partial charge in [-0.1, -0.05) is 0 Å². The lowest BCUT2D eigenvalue weighted by Gasteiger charge is -2.30. The van der Waals surface area contributed by atoms with Crippen LogP contribution in [0.2, 0.25) is 0 Å². The van der Waals surface area contributed by atoms with E-state index in [0.29, 0.717) is 19.7 Å². The van der Waals surface area contributed by atoms with Crippen LogP contribution in [0.15, 0.2) is 0 Å². The van der Waals surface area contributed by atoms with Crippen molar-refractivity contribution in [2.24, 2.45) is 5.92 Å². The van der Waals surface area contributed by atoms with Crippen molar-refractivity contribution >= 4 is 11.9 Å². The number of nitro groups is 1. The number of ether oxygens (including phenoxy) is 2. The van der Waals surface area contributed by atoms with Crippen molar-refractivity contribution in [3.8, 4) is 0 Å². The molecular formula is C11H16N2O6. The number of amides is 1. The zero-order chi connectivity index (χ0) is 14.0. The van der Waals surface area contributed by atoms with E-state index in [4.69, 9.17) is 9.47 Å². The van der Waals surface area contributed by atoms with Gasteiger partial charge in [0.25, 0.3) is 5.91 Å². The summed E-state index contributed by atoms with van der Waals surface area (Å²) in [5.74, 6) is -1.63. The molecule has 19 heavy (non-hydrogen) atoms. The molecule has 0 bridgehead atoms. The summed E-state index contributed by atoms with van der Waals surface area (Å²) in [6.45, 7) is 2.91. The Kier molecular flexibility index (Phi) is 3.98. The molecule has 1 saturated carbocycles. The average Bonchev–Trinajstić information content (AvgIpc) is 3.15. The summed E-state index contributed by atoms with van der Waals surface area (Å²) in [7, 11) is 0. The van der Waals surface area contributed by atoms with Crippen LogP contribution < -0.4 is 0 Å². The monoisotopic (exact) mass is 272 g/mol. The Labute approximate surface area is 109 Å². The van der Waals surface area contributed by atoms with Crippen LogP contribution in [0.5, 0.6) is 0 Å². The van der Waals surface area contributed by atoms with Crippen molar-refractivity contribution in [3.63, 3.8) is 0 Å². The van der Waals surface area contributed by atoms with Gasteiger partial charge in [-0.2, -0.15) is 0 Å². The van der Waals surface area contributed by atoms with Crippen LogP contribution in [0.4, 0.5) is 0 Å². The molecule has 0 aromatic carbocycles. The van der Waals surface area contributed by atoms with E-state index in [9.17, 15) is 19.7 Å². The van der Waals surface area contributed by atoms with Gasteiger partial charge >= 0.3 is 5.97 Å². The predicted octanol–water partition coefficient (Wildman–Crippen LogP) is -0.558. The Balaban J connectivity index is 1.72. The summed E-state index contributed by atoms with van der Waals surface area (Å²) in [5.41, 5.74) is 0. The zero-order valence-electron chi connectivity index (χ0n) is 10.6. The third-order valence-corrected chi connectivity index (χ3v) is 3.26. The maximum Gasteiger partial charge on any atom is 0.316 e. The quantitative estimate of drug-likeness (QED) is 0.386. The minimum absolute atomic E-state index is 0.0318. The number of carbonyl (C=O) groups is 2. The van der Waals surface area contributed by atoms with Gasteiger partial charge < -0.3 is 14.4 Å². The number of hydrogen-bond acceptors (Lipinski definition) is 6. The van der Waals surface area contributed by atoms with Gasteiger partial charge in [-0.05, 0) is 6.92 Å². The summed E-state index contributed by atoms with van der Waals surface area (Å²) in [6.07, 6.45) is 0.171. The molecule has 3 unspecified atom stereocenters. The second-order valence-electron chi connectivity index (χ2n) is 4.82. The van der Waals surface area contributed by atoms with E-state index in [1.807, 2.05) is 6.92 Å². The molecule has 2 fully saturated rings. The van der Waals surface area contributed by atoms with Gasteiger partial charge in [0.2, 0.25) is 6.04 Å². The molecule has 8 nitrogen and oxygen atoms in total. The van der Waals surface area contributed by atoms with E-state index >= 15 is 0 Å². The topological polar surface area (TPSA) is 99.0 Å². The van der Waals surface area contributed by atoms with Crippen molar-refractivity contribution in [2.75, 3.05) is 26.3 Å². The smallest absolute Gasteiger partial charge is 0.316 e. The van der Waals surface area contributed by atoms with Gasteiger partial charge in [-0.25, -0.2) is 0 Å². The van der Waals surface area contributed by atoms with Crippen LogP contribution in [0.3, 0.4) is 0 Å². The summed E-state index contributed by atoms with van der Waals surface area (Å²) in [5, 5.41) is 10.4. The van der Waals surface area contributed by atoms with Crippen LogP contribution in [-0.4, -0.2) is 60.1 Å². The third-order valence-electron chi connectivity index (χ3n) is 3.26. The summed E-state index contributed by atoms with van der Waals surface area (Å²) in [6, 6.07) is -0.842. The first kappa shape index (κ1) is 13.7. The first-order chi connectivity index (χ1) is 8.99. The molecule has 106 valence electrons. The second-order valence-corrected chi connectivity index (χ2v) is 4.82. The number of carbonyl (C=O) groups excluding carboxylic acids is 2. The van der Waals surface area contributed by atoms with E-state index in [1.54, 1.807) is 4.90 Å². The van der Waals surface area contributed by atoms with E-state index in [2.05, 4.69) is 0 Å². The molecule has 0 aromatic heterocycles. The minimum atomic E-state index is -0.842. The van der Waals surface area contributed by atoms with Crippen LogP contribution in [0.1, 0.15) is 13.3 Å². The minimum Gasteiger partial charge on any atom is -0.455 e. The molecule has 1 aliphatic carbocycles. The van der Waals surface area contributed by atoms with Gasteiger partial charge in [-0.15, -0.1) is 0 Å². The first-order valence-electron chi connectivity index (χ1n) is 6.18. The Morgan fingerprint density at radius 1 is 1.53 bits per heavy atom. The zero-order valence-corrected chi connectivity index (χ0v) is 10.6. The molecule has 2 rings (SSSR count). The molecule has 0 N–H and O–H groups in total. The van der Waals surface area contributed by atoms with Gasteiger partial charge in [-0.3, -0.25) is 19.7 Å². The van der Waals surface area contributed by atoms with Gasteiger partial charge in [0.05, 0.1) is 12.7 Å². The molecule has 8 heteroatoms. The van der Waals surface area contributed by atoms with E-state index in [1.165, 1.54) is 0 Å². The Morgan fingerprint density at radius 3 is 2.84 bits per heavy atom. The number of rotatable bonds is 4. The van der Waals surface area contributed by atoms with Crippen LogP contribution in [-0.2, 0) is 19.1 Å². The fourth-order valence-electron chi connectivity index (χ4n) is 2.04. The average molecular weight is 272 g/mol. The molecule has 1 aliphatic heterocycles. The molecule has 2 aliphatic rings. The molecule has 1 heterocycles. The highest BCUT2D eigenvalue weighted by Crippen LogP contribution is 2.34. The third kappa shape index (κ3) is 3.40. The van der Waals surface area contributed by atoms with Crippen molar-refractivity contribution in [2.45, 2.75) is 25.5 Å². The number of hydrogen-bond donors (Lipinski definition) is 0. The molecule has 0 spiro atoms. The Morgan fingerprint density at radius 2 is 2.26 bits per heavy atom. The molecule has 0 radical (unpaired) electrons. The lowest BCUT2D eigenvalue weighted by atomic mass is 10.3. The highest BCUT2D eigenvalue weighted by molar-refractivity contribution is 5.82. The van der Waals surface area contributed by atoms with Crippen LogP contribution in [0, 0.1) is 16.0 Å². The highest BCUT2D eigenvalue weighted by atomic mass is 16.6. The lowest BCUT2D eigenvalue weighted by Crippen LogP contribution is -2.46. The molecule has 1 saturated heterocycles. The Bertz CT molecular complexity index is 399. The van der Waals surface area contributed by atoms with Crippen LogP contribution in [0.25, 0.3) is 0 Å². The van der Waals surface area contributed by atoms with E-state index in [0.717, 1.165) is 0 Å². The summed E-state index contributed by atoms with van der Waals surface area (Å²) >= 11 is 0. The Hall–Kier alpha value is -1.70. The fraction of sp³-hybridized carbons (Fsp3) is 0.818. The normalized spacial score (nSPS) is 29.7.